The normalized spacial score (nSPS) is 10.6. The van der Waals surface area contributed by atoms with Crippen molar-refractivity contribution in [3.63, 3.8) is 0 Å². The number of aromatic amines is 1. The van der Waals surface area contributed by atoms with Gasteiger partial charge in [0.2, 0.25) is 5.78 Å². The lowest BCUT2D eigenvalue weighted by Crippen LogP contribution is -2.12. The number of Topliss-reactive ketones (excluding diaryl/α,β-unsaturated/α-hetero) is 1. The Morgan fingerprint density at radius 3 is 2.70 bits per heavy atom. The largest absolute Gasteiger partial charge is 0.465 e. The van der Waals surface area contributed by atoms with Crippen molar-refractivity contribution in [1.82, 2.24) is 14.8 Å². The Hall–Kier alpha value is -2.08. The van der Waals surface area contributed by atoms with Crippen LogP contribution in [0, 0.1) is 13.8 Å². The SMILES string of the molecule is COC(=O)c1c(C)[nH]c(C(=O)Cn2cc(Cl)cn2)c1C. The van der Waals surface area contributed by atoms with Gasteiger partial charge in [-0.05, 0) is 19.4 Å². The van der Waals surface area contributed by atoms with Crippen LogP contribution in [0.15, 0.2) is 12.4 Å². The average molecular weight is 296 g/mol. The second kappa shape index (κ2) is 5.50. The molecule has 0 saturated heterocycles. The third-order valence-electron chi connectivity index (χ3n) is 3.01. The van der Waals surface area contributed by atoms with Crippen LogP contribution >= 0.6 is 11.6 Å². The van der Waals surface area contributed by atoms with Crippen LogP contribution < -0.4 is 0 Å². The van der Waals surface area contributed by atoms with Crippen LogP contribution in [0.1, 0.15) is 32.1 Å². The van der Waals surface area contributed by atoms with Gasteiger partial charge in [0.25, 0.3) is 0 Å². The number of carbonyl (C=O) groups excluding carboxylic acids is 2. The number of nitrogens with one attached hydrogen (secondary N) is 1. The molecule has 2 aromatic rings. The summed E-state index contributed by atoms with van der Waals surface area (Å²) in [5.74, 6) is -0.641. The maximum absolute atomic E-state index is 12.2. The van der Waals surface area contributed by atoms with E-state index in [1.54, 1.807) is 20.0 Å². The van der Waals surface area contributed by atoms with Gasteiger partial charge in [-0.25, -0.2) is 4.79 Å². The molecule has 0 aliphatic heterocycles. The maximum Gasteiger partial charge on any atom is 0.339 e. The quantitative estimate of drug-likeness (QED) is 0.692. The number of ether oxygens (including phenoxy) is 1. The summed E-state index contributed by atoms with van der Waals surface area (Å²) in [4.78, 5) is 26.8. The minimum Gasteiger partial charge on any atom is -0.465 e. The van der Waals surface area contributed by atoms with E-state index in [9.17, 15) is 9.59 Å². The molecule has 7 heteroatoms. The predicted octanol–water partition coefficient (Wildman–Crippen LogP) is 2.15. The van der Waals surface area contributed by atoms with Crippen LogP contribution in [0.25, 0.3) is 0 Å². The lowest BCUT2D eigenvalue weighted by atomic mass is 10.1. The van der Waals surface area contributed by atoms with Crippen molar-refractivity contribution < 1.29 is 14.3 Å². The number of hydrogen-bond donors (Lipinski definition) is 1. The molecule has 0 spiro atoms. The number of esters is 1. The fraction of sp³-hybridized carbons (Fsp3) is 0.308. The molecule has 1 N–H and O–H groups in total. The summed E-state index contributed by atoms with van der Waals surface area (Å²) in [5, 5.41) is 4.42. The molecule has 0 atom stereocenters. The number of halogens is 1. The molecule has 6 nitrogen and oxygen atoms in total. The molecular formula is C13H14ClN3O3. The molecule has 2 aromatic heterocycles. The summed E-state index contributed by atoms with van der Waals surface area (Å²) in [5.41, 5.74) is 1.97. The van der Waals surface area contributed by atoms with Gasteiger partial charge in [-0.1, -0.05) is 11.6 Å². The highest BCUT2D eigenvalue weighted by Gasteiger charge is 2.22. The lowest BCUT2D eigenvalue weighted by molar-refractivity contribution is 0.0599. The van der Waals surface area contributed by atoms with Crippen molar-refractivity contribution in [2.24, 2.45) is 0 Å². The van der Waals surface area contributed by atoms with Crippen molar-refractivity contribution in [2.75, 3.05) is 7.11 Å². The Morgan fingerprint density at radius 1 is 1.45 bits per heavy atom. The topological polar surface area (TPSA) is 77.0 Å². The molecular weight excluding hydrogens is 282 g/mol. The highest BCUT2D eigenvalue weighted by Crippen LogP contribution is 2.19. The minimum absolute atomic E-state index is 0.0497. The molecule has 20 heavy (non-hydrogen) atoms. The zero-order valence-electron chi connectivity index (χ0n) is 11.4. The van der Waals surface area contributed by atoms with E-state index in [1.165, 1.54) is 18.0 Å². The highest BCUT2D eigenvalue weighted by atomic mass is 35.5. The third-order valence-corrected chi connectivity index (χ3v) is 3.21. The molecule has 0 saturated carbocycles. The first kappa shape index (κ1) is 14.3. The van der Waals surface area contributed by atoms with Gasteiger partial charge < -0.3 is 9.72 Å². The van der Waals surface area contributed by atoms with Gasteiger partial charge in [-0.2, -0.15) is 5.10 Å². The number of hydrogen-bond acceptors (Lipinski definition) is 4. The number of rotatable bonds is 4. The van der Waals surface area contributed by atoms with E-state index in [2.05, 4.69) is 10.1 Å². The first-order valence-electron chi connectivity index (χ1n) is 5.92. The first-order valence-corrected chi connectivity index (χ1v) is 6.30. The number of nitrogens with zero attached hydrogens (tertiary/aromatic N) is 2. The Kier molecular flexibility index (Phi) is 3.94. The standard InChI is InChI=1S/C13H14ClN3O3/c1-7-11(13(19)20-3)8(2)16-12(7)10(18)6-17-5-9(14)4-15-17/h4-5,16H,6H2,1-3H3. The molecule has 106 valence electrons. The monoisotopic (exact) mass is 295 g/mol. The third kappa shape index (κ3) is 2.60. The number of ketones is 1. The van der Waals surface area contributed by atoms with Crippen molar-refractivity contribution in [3.8, 4) is 0 Å². The molecule has 0 aliphatic carbocycles. The van der Waals surface area contributed by atoms with Gasteiger partial charge in [0.05, 0.1) is 29.6 Å². The van der Waals surface area contributed by atoms with Crippen LogP contribution in [0.5, 0.6) is 0 Å². The van der Waals surface area contributed by atoms with E-state index in [0.29, 0.717) is 27.5 Å². The second-order valence-corrected chi connectivity index (χ2v) is 4.83. The van der Waals surface area contributed by atoms with Gasteiger partial charge in [-0.3, -0.25) is 9.48 Å². The van der Waals surface area contributed by atoms with Gasteiger partial charge in [-0.15, -0.1) is 0 Å². The Balaban J connectivity index is 2.29. The number of H-pyrrole nitrogens is 1. The van der Waals surface area contributed by atoms with Crippen molar-refractivity contribution in [1.29, 1.82) is 0 Å². The van der Waals surface area contributed by atoms with Crippen LogP contribution in [0.3, 0.4) is 0 Å². The smallest absolute Gasteiger partial charge is 0.339 e. The number of methoxy groups -OCH3 is 1. The van der Waals surface area contributed by atoms with Gasteiger partial charge in [0.1, 0.15) is 6.54 Å². The number of carbonyl (C=O) groups is 2. The molecule has 0 unspecified atom stereocenters. The van der Waals surface area contributed by atoms with Gasteiger partial charge in [0, 0.05) is 11.9 Å². The van der Waals surface area contributed by atoms with Crippen LogP contribution in [-0.2, 0) is 11.3 Å². The van der Waals surface area contributed by atoms with Crippen molar-refractivity contribution in [3.05, 3.63) is 39.9 Å². The molecule has 0 aromatic carbocycles. The van der Waals surface area contributed by atoms with E-state index in [-0.39, 0.29) is 12.3 Å². The number of aryl methyl sites for hydroxylation is 1. The summed E-state index contributed by atoms with van der Waals surface area (Å²) < 4.78 is 6.15. The van der Waals surface area contributed by atoms with Crippen LogP contribution in [0.2, 0.25) is 5.02 Å². The second-order valence-electron chi connectivity index (χ2n) is 4.40. The molecule has 0 fully saturated rings. The fourth-order valence-corrected chi connectivity index (χ4v) is 2.24. The van der Waals surface area contributed by atoms with Gasteiger partial charge in [0.15, 0.2) is 0 Å². The lowest BCUT2D eigenvalue weighted by Gasteiger charge is -2.02. The Bertz CT molecular complexity index is 672. The maximum atomic E-state index is 12.2. The summed E-state index contributed by atoms with van der Waals surface area (Å²) in [7, 11) is 1.31. The molecule has 2 rings (SSSR count). The predicted molar refractivity (Wildman–Crippen MR) is 73.2 cm³/mol. The van der Waals surface area contributed by atoms with Crippen LogP contribution in [0.4, 0.5) is 0 Å². The highest BCUT2D eigenvalue weighted by molar-refractivity contribution is 6.30. The Labute approximate surface area is 120 Å². The zero-order chi connectivity index (χ0) is 14.9. The average Bonchev–Trinajstić information content (AvgIpc) is 2.92. The van der Waals surface area contributed by atoms with E-state index >= 15 is 0 Å². The minimum atomic E-state index is -0.461. The fourth-order valence-electron chi connectivity index (χ4n) is 2.09. The van der Waals surface area contributed by atoms with E-state index in [4.69, 9.17) is 16.3 Å². The zero-order valence-corrected chi connectivity index (χ0v) is 12.1. The summed E-state index contributed by atoms with van der Waals surface area (Å²) in [6.07, 6.45) is 3.02. The Morgan fingerprint density at radius 2 is 2.15 bits per heavy atom. The van der Waals surface area contributed by atoms with Crippen molar-refractivity contribution in [2.45, 2.75) is 20.4 Å². The summed E-state index contributed by atoms with van der Waals surface area (Å²) >= 11 is 5.75. The molecule has 2 heterocycles. The van der Waals surface area contributed by atoms with E-state index in [0.717, 1.165) is 0 Å². The first-order chi connectivity index (χ1) is 9.43. The molecule has 0 aliphatic rings. The van der Waals surface area contributed by atoms with E-state index < -0.39 is 5.97 Å². The number of aromatic nitrogens is 3. The van der Waals surface area contributed by atoms with Gasteiger partial charge >= 0.3 is 5.97 Å². The summed E-state index contributed by atoms with van der Waals surface area (Å²) in [6.45, 7) is 3.48. The van der Waals surface area contributed by atoms with E-state index in [1.807, 2.05) is 0 Å². The van der Waals surface area contributed by atoms with Crippen molar-refractivity contribution >= 4 is 23.4 Å². The molecule has 0 bridgehead atoms. The summed E-state index contributed by atoms with van der Waals surface area (Å²) in [6, 6.07) is 0. The molecule has 0 radical (unpaired) electrons. The van der Waals surface area contributed by atoms with Crippen LogP contribution in [-0.4, -0.2) is 33.6 Å². The molecule has 0 amide bonds.